The number of carbonyl (C=O) groups is 1. The maximum atomic E-state index is 14.3. The first kappa shape index (κ1) is 19.3. The van der Waals surface area contributed by atoms with Crippen LogP contribution in [-0.2, 0) is 4.84 Å². The summed E-state index contributed by atoms with van der Waals surface area (Å²) in [4.78, 5) is 21.8. The van der Waals surface area contributed by atoms with Gasteiger partial charge in [-0.3, -0.25) is 14.0 Å². The number of aliphatic hydroxyl groups excluding tert-OH is 1. The van der Waals surface area contributed by atoms with E-state index in [0.717, 1.165) is 5.52 Å². The first-order valence-electron chi connectivity index (χ1n) is 8.19. The Morgan fingerprint density at radius 2 is 2.22 bits per heavy atom. The van der Waals surface area contributed by atoms with Gasteiger partial charge >= 0.3 is 0 Å². The highest BCUT2D eigenvalue weighted by molar-refractivity contribution is 9.10. The minimum Gasteiger partial charge on any atom is -0.396 e. The molecule has 0 bridgehead atoms. The first-order valence-corrected chi connectivity index (χ1v) is 8.99. The summed E-state index contributed by atoms with van der Waals surface area (Å²) in [5.74, 6) is -0.741. The fourth-order valence-corrected chi connectivity index (χ4v) is 2.71. The Balaban J connectivity index is 1.91. The van der Waals surface area contributed by atoms with Crippen LogP contribution in [0.4, 0.5) is 15.9 Å². The molecule has 0 spiro atoms. The molecule has 0 saturated heterocycles. The zero-order chi connectivity index (χ0) is 19.4. The molecule has 2 aromatic heterocycles. The van der Waals surface area contributed by atoms with Crippen molar-refractivity contribution in [2.24, 2.45) is 5.92 Å². The van der Waals surface area contributed by atoms with Gasteiger partial charge in [-0.1, -0.05) is 22.9 Å². The van der Waals surface area contributed by atoms with Gasteiger partial charge in [-0.05, 0) is 30.3 Å². The average molecular weight is 437 g/mol. The molecule has 0 unspecified atom stereocenters. The lowest BCUT2D eigenvalue weighted by molar-refractivity contribution is 0.0101. The number of carbonyl (C=O) groups excluding carboxylic acids is 1. The fraction of sp³-hybridized carbons (Fsp3) is 0.222. The Morgan fingerprint density at radius 1 is 1.41 bits per heavy atom. The van der Waals surface area contributed by atoms with Crippen molar-refractivity contribution in [1.82, 2.24) is 14.9 Å². The van der Waals surface area contributed by atoms with Gasteiger partial charge in [0.15, 0.2) is 0 Å². The van der Waals surface area contributed by atoms with Gasteiger partial charge in [0.1, 0.15) is 18.0 Å². The van der Waals surface area contributed by atoms with Crippen molar-refractivity contribution in [2.75, 3.05) is 18.5 Å². The van der Waals surface area contributed by atoms with E-state index in [4.69, 9.17) is 9.94 Å². The zero-order valence-electron chi connectivity index (χ0n) is 14.4. The molecular formula is C18H18BrFN4O3. The monoisotopic (exact) mass is 436 g/mol. The highest BCUT2D eigenvalue weighted by atomic mass is 79.9. The van der Waals surface area contributed by atoms with E-state index in [9.17, 15) is 9.18 Å². The minimum absolute atomic E-state index is 0.0491. The molecule has 0 saturated carbocycles. The molecule has 142 valence electrons. The maximum Gasteiger partial charge on any atom is 0.278 e. The lowest BCUT2D eigenvalue weighted by Crippen LogP contribution is -2.27. The van der Waals surface area contributed by atoms with E-state index in [1.54, 1.807) is 41.8 Å². The Morgan fingerprint density at radius 3 is 2.96 bits per heavy atom. The summed E-state index contributed by atoms with van der Waals surface area (Å²) in [6.45, 7) is 1.90. The van der Waals surface area contributed by atoms with Crippen LogP contribution in [0.1, 0.15) is 17.3 Å². The first-order chi connectivity index (χ1) is 13.0. The van der Waals surface area contributed by atoms with Crippen LogP contribution in [0.25, 0.3) is 5.52 Å². The number of anilines is 2. The van der Waals surface area contributed by atoms with E-state index in [2.05, 4.69) is 31.7 Å². The number of aliphatic hydroxyl groups is 1. The van der Waals surface area contributed by atoms with Gasteiger partial charge in [-0.25, -0.2) is 14.9 Å². The number of hydrogen-bond donors (Lipinski definition) is 3. The summed E-state index contributed by atoms with van der Waals surface area (Å²) in [5.41, 5.74) is 3.54. The molecule has 0 aliphatic carbocycles. The molecule has 0 radical (unpaired) electrons. The van der Waals surface area contributed by atoms with Crippen molar-refractivity contribution in [3.8, 4) is 0 Å². The number of hydroxylamine groups is 1. The van der Waals surface area contributed by atoms with Crippen LogP contribution in [0, 0.1) is 11.7 Å². The Bertz CT molecular complexity index is 963. The molecule has 2 heterocycles. The molecule has 1 amide bonds. The lowest BCUT2D eigenvalue weighted by Gasteiger charge is -2.15. The molecular weight excluding hydrogens is 419 g/mol. The molecule has 0 fully saturated rings. The molecule has 7 nitrogen and oxygen atoms in total. The summed E-state index contributed by atoms with van der Waals surface area (Å²) in [6, 6.07) is 7.91. The maximum absolute atomic E-state index is 14.3. The summed E-state index contributed by atoms with van der Waals surface area (Å²) >= 11 is 3.22. The van der Waals surface area contributed by atoms with Gasteiger partial charge in [0.25, 0.3) is 5.91 Å². The van der Waals surface area contributed by atoms with Gasteiger partial charge < -0.3 is 10.4 Å². The van der Waals surface area contributed by atoms with Crippen molar-refractivity contribution in [1.29, 1.82) is 0 Å². The van der Waals surface area contributed by atoms with E-state index in [1.807, 2.05) is 0 Å². The van der Waals surface area contributed by atoms with Crippen molar-refractivity contribution in [3.05, 3.63) is 58.7 Å². The van der Waals surface area contributed by atoms with Gasteiger partial charge in [0.05, 0.1) is 29.6 Å². The number of amides is 1. The van der Waals surface area contributed by atoms with Crippen molar-refractivity contribution >= 4 is 38.9 Å². The number of nitrogens with zero attached hydrogens (tertiary/aromatic N) is 2. The van der Waals surface area contributed by atoms with Crippen LogP contribution in [0.2, 0.25) is 0 Å². The molecule has 3 N–H and O–H groups in total. The molecule has 0 aliphatic heterocycles. The molecule has 3 aromatic rings. The Hall–Kier alpha value is -2.49. The zero-order valence-corrected chi connectivity index (χ0v) is 16.0. The predicted octanol–water partition coefficient (Wildman–Crippen LogP) is 3.27. The third-order valence-corrected chi connectivity index (χ3v) is 4.35. The molecule has 3 rings (SSSR count). The summed E-state index contributed by atoms with van der Waals surface area (Å²) in [6.07, 6.45) is 3.16. The van der Waals surface area contributed by atoms with Crippen LogP contribution in [-0.4, -0.2) is 33.6 Å². The summed E-state index contributed by atoms with van der Waals surface area (Å²) in [5, 5.41) is 12.0. The van der Waals surface area contributed by atoms with E-state index >= 15 is 0 Å². The van der Waals surface area contributed by atoms with Crippen molar-refractivity contribution in [2.45, 2.75) is 6.92 Å². The van der Waals surface area contributed by atoms with Crippen LogP contribution < -0.4 is 10.8 Å². The lowest BCUT2D eigenvalue weighted by atomic mass is 10.2. The minimum atomic E-state index is -0.504. The SMILES string of the molecule is C[C@H](CO)CONC(=O)c1ccc2cncn2c1Nc1ccc(Br)cc1F. The van der Waals surface area contributed by atoms with E-state index in [-0.39, 0.29) is 30.4 Å². The smallest absolute Gasteiger partial charge is 0.278 e. The fourth-order valence-electron chi connectivity index (χ4n) is 2.38. The molecule has 0 aliphatic rings. The third kappa shape index (κ3) is 4.44. The number of pyridine rings is 1. The number of fused-ring (bicyclic) bond motifs is 1. The standard InChI is InChI=1S/C18H18BrFN4O3/c1-11(8-25)9-27-23-18(26)14-4-3-13-7-21-10-24(13)17(14)22-16-5-2-12(19)6-15(16)20/h2-7,10-11,22,25H,8-9H2,1H3,(H,23,26)/t11-/m1/s1. The molecule has 9 heteroatoms. The van der Waals surface area contributed by atoms with Crippen molar-refractivity contribution in [3.63, 3.8) is 0 Å². The number of rotatable bonds is 7. The number of nitrogens with one attached hydrogen (secondary N) is 2. The van der Waals surface area contributed by atoms with Crippen LogP contribution in [0.3, 0.4) is 0 Å². The second kappa shape index (κ2) is 8.47. The third-order valence-electron chi connectivity index (χ3n) is 3.86. The van der Waals surface area contributed by atoms with E-state index in [1.165, 1.54) is 12.4 Å². The van der Waals surface area contributed by atoms with Gasteiger partial charge in [0, 0.05) is 17.0 Å². The van der Waals surface area contributed by atoms with Gasteiger partial charge in [-0.2, -0.15) is 0 Å². The number of benzene rings is 1. The summed E-state index contributed by atoms with van der Waals surface area (Å²) in [7, 11) is 0. The van der Waals surface area contributed by atoms with Crippen molar-refractivity contribution < 1.29 is 19.1 Å². The Labute approximate surface area is 163 Å². The molecule has 27 heavy (non-hydrogen) atoms. The second-order valence-corrected chi connectivity index (χ2v) is 6.98. The molecule has 1 aromatic carbocycles. The topological polar surface area (TPSA) is 87.9 Å². The quantitative estimate of drug-likeness (QED) is 0.494. The van der Waals surface area contributed by atoms with Gasteiger partial charge in [-0.15, -0.1) is 0 Å². The van der Waals surface area contributed by atoms with Gasteiger partial charge in [0.2, 0.25) is 0 Å². The Kier molecular flexibility index (Phi) is 6.04. The number of hydrogen-bond acceptors (Lipinski definition) is 5. The van der Waals surface area contributed by atoms with Crippen LogP contribution in [0.15, 0.2) is 47.3 Å². The largest absolute Gasteiger partial charge is 0.396 e. The number of halogens is 2. The highest BCUT2D eigenvalue weighted by Crippen LogP contribution is 2.26. The summed E-state index contributed by atoms with van der Waals surface area (Å²) < 4.78 is 16.5. The molecule has 1 atom stereocenters. The van der Waals surface area contributed by atoms with Crippen LogP contribution in [0.5, 0.6) is 0 Å². The number of imidazole rings is 1. The average Bonchev–Trinajstić information content (AvgIpc) is 3.12. The van der Waals surface area contributed by atoms with Crippen LogP contribution >= 0.6 is 15.9 Å². The number of aromatic nitrogens is 2. The highest BCUT2D eigenvalue weighted by Gasteiger charge is 2.17. The predicted molar refractivity (Wildman–Crippen MR) is 102 cm³/mol. The van der Waals surface area contributed by atoms with E-state index < -0.39 is 11.7 Å². The second-order valence-electron chi connectivity index (χ2n) is 6.06. The van der Waals surface area contributed by atoms with E-state index in [0.29, 0.717) is 10.3 Å². The normalized spacial score (nSPS) is 12.1.